The van der Waals surface area contributed by atoms with E-state index in [0.717, 1.165) is 51.3 Å². The molecule has 3 rings (SSSR count). The molecule has 8 heteroatoms. The van der Waals surface area contributed by atoms with Crippen molar-refractivity contribution in [2.75, 3.05) is 25.5 Å². The van der Waals surface area contributed by atoms with Crippen LogP contribution in [0.25, 0.3) is 0 Å². The molecule has 1 amide bonds. The summed E-state index contributed by atoms with van der Waals surface area (Å²) in [4.78, 5) is 18.1. The smallest absolute Gasteiger partial charge is 0.382 e. The number of nitrogens with zero attached hydrogens (tertiary/aromatic N) is 2. The fourth-order valence-corrected chi connectivity index (χ4v) is 3.98. The number of hydrogen-bond acceptors (Lipinski definition) is 4. The zero-order valence-corrected chi connectivity index (χ0v) is 15.8. The molecule has 0 bridgehead atoms. The molecule has 2 aliphatic rings. The van der Waals surface area contributed by atoms with Crippen LogP contribution in [-0.4, -0.2) is 48.0 Å². The van der Waals surface area contributed by atoms with E-state index in [1.807, 2.05) is 7.05 Å². The molecule has 0 radical (unpaired) electrons. The van der Waals surface area contributed by atoms with E-state index in [1.54, 1.807) is 13.0 Å². The molecule has 1 unspecified atom stereocenters. The van der Waals surface area contributed by atoms with Gasteiger partial charge < -0.3 is 15.5 Å². The second-order valence-corrected chi connectivity index (χ2v) is 7.83. The summed E-state index contributed by atoms with van der Waals surface area (Å²) in [5.74, 6) is 0.210. The number of aryl methyl sites for hydroxylation is 1. The molecular weight excluding hydrogens is 357 g/mol. The molecule has 0 spiro atoms. The van der Waals surface area contributed by atoms with E-state index in [4.69, 9.17) is 0 Å². The first-order chi connectivity index (χ1) is 12.7. The van der Waals surface area contributed by atoms with Crippen molar-refractivity contribution in [1.82, 2.24) is 15.2 Å². The Bertz CT molecular complexity index is 671. The molecular formula is C19H27F3N4O. The maximum atomic E-state index is 12.9. The highest BCUT2D eigenvalue weighted by Crippen LogP contribution is 2.31. The van der Waals surface area contributed by atoms with Gasteiger partial charge in [0.25, 0.3) is 0 Å². The minimum Gasteiger partial charge on any atom is -0.382 e. The van der Waals surface area contributed by atoms with Crippen LogP contribution in [0.15, 0.2) is 12.1 Å². The van der Waals surface area contributed by atoms with Crippen molar-refractivity contribution >= 4 is 11.6 Å². The molecule has 1 aliphatic heterocycles. The lowest BCUT2D eigenvalue weighted by Gasteiger charge is -2.31. The van der Waals surface area contributed by atoms with Crippen LogP contribution in [0, 0.1) is 12.8 Å². The lowest BCUT2D eigenvalue weighted by Crippen LogP contribution is -2.43. The van der Waals surface area contributed by atoms with E-state index in [2.05, 4.69) is 20.5 Å². The van der Waals surface area contributed by atoms with Gasteiger partial charge in [-0.25, -0.2) is 4.98 Å². The van der Waals surface area contributed by atoms with Gasteiger partial charge in [-0.1, -0.05) is 0 Å². The molecule has 5 nitrogen and oxygen atoms in total. The Morgan fingerprint density at radius 3 is 2.41 bits per heavy atom. The average molecular weight is 384 g/mol. The second-order valence-electron chi connectivity index (χ2n) is 7.83. The minimum atomic E-state index is -4.45. The summed E-state index contributed by atoms with van der Waals surface area (Å²) in [6.07, 6.45) is -0.234. The van der Waals surface area contributed by atoms with Crippen molar-refractivity contribution in [2.24, 2.45) is 5.92 Å². The number of halogens is 3. The number of hydrogen-bond donors (Lipinski definition) is 2. The number of carbonyl (C=O) groups is 1. The first-order valence-electron chi connectivity index (χ1n) is 9.52. The highest BCUT2D eigenvalue weighted by molar-refractivity contribution is 5.79. The number of aromatic nitrogens is 1. The van der Waals surface area contributed by atoms with Crippen LogP contribution in [0.1, 0.15) is 43.5 Å². The quantitative estimate of drug-likeness (QED) is 0.837. The summed E-state index contributed by atoms with van der Waals surface area (Å²) in [7, 11) is 2.02. The minimum absolute atomic E-state index is 0.0754. The van der Waals surface area contributed by atoms with Crippen molar-refractivity contribution in [2.45, 2.75) is 57.3 Å². The van der Waals surface area contributed by atoms with Gasteiger partial charge in [0.2, 0.25) is 5.91 Å². The number of carbonyl (C=O) groups excluding carboxylic acids is 1. The molecule has 1 atom stereocenters. The van der Waals surface area contributed by atoms with E-state index in [-0.39, 0.29) is 23.9 Å². The fraction of sp³-hybridized carbons (Fsp3) is 0.684. The Morgan fingerprint density at radius 1 is 1.15 bits per heavy atom. The fourth-order valence-electron chi connectivity index (χ4n) is 3.98. The number of likely N-dealkylation sites (tertiary alicyclic amines) is 1. The summed E-state index contributed by atoms with van der Waals surface area (Å²) in [6, 6.07) is 2.97. The molecule has 1 aromatic heterocycles. The van der Waals surface area contributed by atoms with E-state index < -0.39 is 11.9 Å². The van der Waals surface area contributed by atoms with Gasteiger partial charge in [-0.05, 0) is 64.8 Å². The lowest BCUT2D eigenvalue weighted by atomic mass is 9.90. The lowest BCUT2D eigenvalue weighted by molar-refractivity contribution is -0.141. The molecule has 2 heterocycles. The van der Waals surface area contributed by atoms with E-state index in [9.17, 15) is 18.0 Å². The average Bonchev–Trinajstić information content (AvgIpc) is 3.02. The van der Waals surface area contributed by atoms with E-state index >= 15 is 0 Å². The van der Waals surface area contributed by atoms with Gasteiger partial charge in [-0.3, -0.25) is 4.79 Å². The molecule has 2 N–H and O–H groups in total. The maximum Gasteiger partial charge on any atom is 0.433 e. The third-order valence-electron chi connectivity index (χ3n) is 5.45. The Labute approximate surface area is 157 Å². The van der Waals surface area contributed by atoms with Crippen LogP contribution in [-0.2, 0) is 11.0 Å². The predicted octanol–water partition coefficient (Wildman–Crippen LogP) is 3.20. The topological polar surface area (TPSA) is 57.3 Å². The van der Waals surface area contributed by atoms with E-state index in [0.29, 0.717) is 11.4 Å². The predicted molar refractivity (Wildman–Crippen MR) is 97.4 cm³/mol. The highest BCUT2D eigenvalue weighted by atomic mass is 19.4. The van der Waals surface area contributed by atoms with Crippen molar-refractivity contribution in [3.63, 3.8) is 0 Å². The molecule has 1 aliphatic carbocycles. The number of nitrogens with one attached hydrogen (secondary N) is 2. The second kappa shape index (κ2) is 8.04. The van der Waals surface area contributed by atoms with Gasteiger partial charge in [0.05, 0.1) is 5.92 Å². The summed E-state index contributed by atoms with van der Waals surface area (Å²) >= 11 is 0. The van der Waals surface area contributed by atoms with Gasteiger partial charge in [-0.15, -0.1) is 0 Å². The summed E-state index contributed by atoms with van der Waals surface area (Å²) < 4.78 is 38.8. The molecule has 2 fully saturated rings. The monoisotopic (exact) mass is 384 g/mol. The largest absolute Gasteiger partial charge is 0.433 e. The van der Waals surface area contributed by atoms with Crippen LogP contribution in [0.4, 0.5) is 18.9 Å². The van der Waals surface area contributed by atoms with E-state index in [1.165, 1.54) is 0 Å². The Kier molecular flexibility index (Phi) is 5.93. The van der Waals surface area contributed by atoms with Crippen LogP contribution in [0.5, 0.6) is 0 Å². The molecule has 0 aromatic carbocycles. The Balaban J connectivity index is 1.50. The van der Waals surface area contributed by atoms with Crippen LogP contribution >= 0.6 is 0 Å². The first kappa shape index (κ1) is 19.9. The summed E-state index contributed by atoms with van der Waals surface area (Å²) in [6.45, 7) is 3.33. The van der Waals surface area contributed by atoms with Crippen molar-refractivity contribution in [1.29, 1.82) is 0 Å². The number of anilines is 1. The summed E-state index contributed by atoms with van der Waals surface area (Å²) in [5, 5.41) is 6.36. The van der Waals surface area contributed by atoms with Gasteiger partial charge >= 0.3 is 6.18 Å². The molecule has 150 valence electrons. The maximum absolute atomic E-state index is 12.9. The number of alkyl halides is 3. The molecule has 1 saturated heterocycles. The van der Waals surface area contributed by atoms with Crippen molar-refractivity contribution in [3.8, 4) is 0 Å². The standard InChI is InChI=1S/C19H27F3N4O/c1-12-9-16(10-17(23-12)19(20,21)22)24-14-3-5-15(6-4-14)25-18(27)13-7-8-26(2)11-13/h9-10,13-15H,3-8,11H2,1-2H3,(H,23,24)(H,25,27). The zero-order valence-electron chi connectivity index (χ0n) is 15.8. The third-order valence-corrected chi connectivity index (χ3v) is 5.45. The van der Waals surface area contributed by atoms with Gasteiger partial charge in [0.15, 0.2) is 0 Å². The molecule has 1 saturated carbocycles. The Morgan fingerprint density at radius 2 is 1.81 bits per heavy atom. The van der Waals surface area contributed by atoms with Crippen molar-refractivity contribution in [3.05, 3.63) is 23.5 Å². The van der Waals surface area contributed by atoms with Crippen LogP contribution in [0.2, 0.25) is 0 Å². The number of pyridine rings is 1. The first-order valence-corrected chi connectivity index (χ1v) is 9.52. The van der Waals surface area contributed by atoms with Gasteiger partial charge in [0.1, 0.15) is 5.69 Å². The van der Waals surface area contributed by atoms with Crippen molar-refractivity contribution < 1.29 is 18.0 Å². The van der Waals surface area contributed by atoms with Gasteiger partial charge in [-0.2, -0.15) is 13.2 Å². The summed E-state index contributed by atoms with van der Waals surface area (Å²) in [5.41, 5.74) is -0.0707. The Hall–Kier alpha value is -1.83. The highest BCUT2D eigenvalue weighted by Gasteiger charge is 2.33. The third kappa shape index (κ3) is 5.34. The molecule has 1 aromatic rings. The number of amides is 1. The SMILES string of the molecule is Cc1cc(NC2CCC(NC(=O)C3CCN(C)C3)CC2)cc(C(F)(F)F)n1. The number of rotatable bonds is 4. The normalized spacial score (nSPS) is 26.8. The van der Waals surface area contributed by atoms with Crippen LogP contribution < -0.4 is 10.6 Å². The van der Waals surface area contributed by atoms with Crippen LogP contribution in [0.3, 0.4) is 0 Å². The molecule has 27 heavy (non-hydrogen) atoms. The zero-order chi connectivity index (χ0) is 19.6. The van der Waals surface area contributed by atoms with Gasteiger partial charge in [0, 0.05) is 30.0 Å².